The lowest BCUT2D eigenvalue weighted by atomic mass is 9.73. The van der Waals surface area contributed by atoms with Gasteiger partial charge >= 0.3 is 0 Å². The van der Waals surface area contributed by atoms with Crippen molar-refractivity contribution in [1.82, 2.24) is 0 Å². The van der Waals surface area contributed by atoms with Crippen LogP contribution >= 0.6 is 10.7 Å². The van der Waals surface area contributed by atoms with Gasteiger partial charge in [-0.25, -0.2) is 17.2 Å². The second-order valence-electron chi connectivity index (χ2n) is 5.90. The van der Waals surface area contributed by atoms with Crippen LogP contribution in [0.2, 0.25) is 0 Å². The molecule has 1 heterocycles. The van der Waals surface area contributed by atoms with Crippen molar-refractivity contribution < 1.29 is 21.9 Å². The molecule has 0 N–H and O–H groups in total. The number of alkyl halides is 2. The molecule has 1 spiro atoms. The van der Waals surface area contributed by atoms with Crippen LogP contribution in [-0.4, -0.2) is 32.3 Å². The first-order chi connectivity index (χ1) is 8.18. The van der Waals surface area contributed by atoms with Crippen molar-refractivity contribution in [3.8, 4) is 0 Å². The Hall–Kier alpha value is 0.0600. The minimum absolute atomic E-state index is 0.141. The van der Waals surface area contributed by atoms with E-state index in [1.165, 1.54) is 0 Å². The Labute approximate surface area is 109 Å². The van der Waals surface area contributed by atoms with Crippen molar-refractivity contribution in [3.63, 3.8) is 0 Å². The van der Waals surface area contributed by atoms with E-state index in [4.69, 9.17) is 15.4 Å². The summed E-state index contributed by atoms with van der Waals surface area (Å²) in [5.74, 6) is -2.60. The van der Waals surface area contributed by atoms with E-state index < -0.39 is 26.0 Å². The van der Waals surface area contributed by atoms with Crippen LogP contribution in [0.1, 0.15) is 32.1 Å². The zero-order valence-electron chi connectivity index (χ0n) is 9.79. The summed E-state index contributed by atoms with van der Waals surface area (Å²) in [4.78, 5) is 0. The maximum atomic E-state index is 13.2. The maximum Gasteiger partial charge on any atom is 0.248 e. The van der Waals surface area contributed by atoms with Crippen LogP contribution in [0.4, 0.5) is 8.78 Å². The molecule has 2 saturated carbocycles. The lowest BCUT2D eigenvalue weighted by Crippen LogP contribution is -2.47. The Morgan fingerprint density at radius 1 is 1.22 bits per heavy atom. The third-order valence-electron chi connectivity index (χ3n) is 4.92. The van der Waals surface area contributed by atoms with Crippen molar-refractivity contribution in [2.45, 2.75) is 43.6 Å². The van der Waals surface area contributed by atoms with Crippen molar-refractivity contribution >= 4 is 19.7 Å². The van der Waals surface area contributed by atoms with E-state index in [0.717, 1.165) is 6.42 Å². The minimum Gasteiger partial charge on any atom is -0.374 e. The molecule has 0 aromatic heterocycles. The highest BCUT2D eigenvalue weighted by Crippen LogP contribution is 2.70. The Balaban J connectivity index is 1.85. The van der Waals surface area contributed by atoms with Crippen LogP contribution in [0.15, 0.2) is 0 Å². The summed E-state index contributed by atoms with van der Waals surface area (Å²) in [6, 6.07) is 0. The van der Waals surface area contributed by atoms with E-state index in [-0.39, 0.29) is 37.4 Å². The molecule has 104 valence electrons. The average molecular weight is 301 g/mol. The first-order valence-electron chi connectivity index (χ1n) is 6.12. The van der Waals surface area contributed by atoms with Gasteiger partial charge in [-0.15, -0.1) is 0 Å². The SMILES string of the molecule is O=S(=O)(Cl)CC12CC1COC21CCC(F)(F)CC1. The first kappa shape index (κ1) is 13.1. The van der Waals surface area contributed by atoms with Crippen LogP contribution < -0.4 is 0 Å². The maximum absolute atomic E-state index is 13.2. The van der Waals surface area contributed by atoms with Gasteiger partial charge in [-0.1, -0.05) is 0 Å². The molecule has 0 radical (unpaired) electrons. The molecule has 3 rings (SSSR count). The van der Waals surface area contributed by atoms with E-state index in [2.05, 4.69) is 0 Å². The molecule has 0 bridgehead atoms. The van der Waals surface area contributed by atoms with Crippen molar-refractivity contribution in [2.24, 2.45) is 11.3 Å². The smallest absolute Gasteiger partial charge is 0.248 e. The van der Waals surface area contributed by atoms with Crippen molar-refractivity contribution in [2.75, 3.05) is 12.4 Å². The van der Waals surface area contributed by atoms with E-state index in [0.29, 0.717) is 6.61 Å². The van der Waals surface area contributed by atoms with E-state index in [1.807, 2.05) is 0 Å². The van der Waals surface area contributed by atoms with Crippen LogP contribution in [0.5, 0.6) is 0 Å². The van der Waals surface area contributed by atoms with Gasteiger partial charge in [0.25, 0.3) is 0 Å². The van der Waals surface area contributed by atoms with E-state index >= 15 is 0 Å². The number of ether oxygens (including phenoxy) is 1. The van der Waals surface area contributed by atoms with Crippen LogP contribution in [0, 0.1) is 11.3 Å². The number of hydrogen-bond donors (Lipinski definition) is 0. The second-order valence-corrected chi connectivity index (χ2v) is 8.68. The quantitative estimate of drug-likeness (QED) is 0.736. The molecule has 2 atom stereocenters. The average Bonchev–Trinajstić information content (AvgIpc) is 2.83. The molecule has 2 unspecified atom stereocenters. The Bertz CT molecular complexity index is 469. The van der Waals surface area contributed by atoms with Crippen LogP contribution in [0.25, 0.3) is 0 Å². The van der Waals surface area contributed by atoms with Gasteiger partial charge in [0.1, 0.15) is 0 Å². The molecular weight excluding hydrogens is 286 g/mol. The van der Waals surface area contributed by atoms with Crippen molar-refractivity contribution in [1.29, 1.82) is 0 Å². The molecule has 0 aromatic carbocycles. The first-order valence-corrected chi connectivity index (χ1v) is 8.60. The van der Waals surface area contributed by atoms with Crippen LogP contribution in [0.3, 0.4) is 0 Å². The highest BCUT2D eigenvalue weighted by molar-refractivity contribution is 8.13. The fraction of sp³-hybridized carbons (Fsp3) is 1.00. The summed E-state index contributed by atoms with van der Waals surface area (Å²) in [6.07, 6.45) is 0.782. The Morgan fingerprint density at radius 2 is 1.83 bits per heavy atom. The molecule has 1 saturated heterocycles. The zero-order chi connectivity index (χ0) is 13.2. The number of hydrogen-bond acceptors (Lipinski definition) is 3. The van der Waals surface area contributed by atoms with Crippen LogP contribution in [-0.2, 0) is 13.8 Å². The molecule has 7 heteroatoms. The van der Waals surface area contributed by atoms with Gasteiger partial charge in [-0.2, -0.15) is 0 Å². The number of fused-ring (bicyclic) bond motifs is 2. The molecule has 3 nitrogen and oxygen atoms in total. The largest absolute Gasteiger partial charge is 0.374 e. The van der Waals surface area contributed by atoms with Gasteiger partial charge in [0.2, 0.25) is 15.0 Å². The van der Waals surface area contributed by atoms with Gasteiger partial charge in [-0.05, 0) is 25.2 Å². The standard InChI is InChI=1S/C11H15ClF2O3S/c12-18(15,16)7-9-5-8(9)6-17-10(9)1-3-11(13,14)4-2-10/h8H,1-7H2. The Kier molecular flexibility index (Phi) is 2.60. The molecule has 0 aromatic rings. The minimum atomic E-state index is -3.62. The molecular formula is C11H15ClF2O3S. The molecule has 1 aliphatic heterocycles. The predicted octanol–water partition coefficient (Wildman–Crippen LogP) is 2.54. The number of halogens is 3. The molecule has 18 heavy (non-hydrogen) atoms. The van der Waals surface area contributed by atoms with Gasteiger partial charge in [0, 0.05) is 28.9 Å². The summed E-state index contributed by atoms with van der Waals surface area (Å²) in [5.41, 5.74) is -1.18. The summed E-state index contributed by atoms with van der Waals surface area (Å²) in [6.45, 7) is 0.484. The summed E-state index contributed by atoms with van der Waals surface area (Å²) in [7, 11) is 1.73. The normalized spacial score (nSPS) is 40.7. The summed E-state index contributed by atoms with van der Waals surface area (Å²) < 4.78 is 54.9. The topological polar surface area (TPSA) is 43.4 Å². The monoisotopic (exact) mass is 300 g/mol. The van der Waals surface area contributed by atoms with E-state index in [1.54, 1.807) is 0 Å². The van der Waals surface area contributed by atoms with E-state index in [9.17, 15) is 17.2 Å². The Morgan fingerprint density at radius 3 is 2.33 bits per heavy atom. The second kappa shape index (κ2) is 3.58. The van der Waals surface area contributed by atoms with Gasteiger partial charge in [-0.3, -0.25) is 0 Å². The third-order valence-corrected chi connectivity index (χ3v) is 6.11. The summed E-state index contributed by atoms with van der Waals surface area (Å²) in [5, 5.41) is 0. The van der Waals surface area contributed by atoms with Gasteiger partial charge in [0.05, 0.1) is 18.0 Å². The van der Waals surface area contributed by atoms with Gasteiger partial charge in [0.15, 0.2) is 0 Å². The number of rotatable bonds is 2. The zero-order valence-corrected chi connectivity index (χ0v) is 11.4. The molecule has 0 amide bonds. The third kappa shape index (κ3) is 1.88. The van der Waals surface area contributed by atoms with Gasteiger partial charge < -0.3 is 4.74 Å². The lowest BCUT2D eigenvalue weighted by Gasteiger charge is -2.42. The lowest BCUT2D eigenvalue weighted by molar-refractivity contribution is -0.137. The summed E-state index contributed by atoms with van der Waals surface area (Å²) >= 11 is 0. The molecule has 3 aliphatic rings. The predicted molar refractivity (Wildman–Crippen MR) is 62.3 cm³/mol. The fourth-order valence-corrected chi connectivity index (χ4v) is 5.65. The van der Waals surface area contributed by atoms with Crippen molar-refractivity contribution in [3.05, 3.63) is 0 Å². The highest BCUT2D eigenvalue weighted by atomic mass is 35.7. The molecule has 3 fully saturated rings. The highest BCUT2D eigenvalue weighted by Gasteiger charge is 2.73. The fourth-order valence-electron chi connectivity index (χ4n) is 3.84. The molecule has 2 aliphatic carbocycles.